The zero-order chi connectivity index (χ0) is 106. The molecule has 45 heteroatoms. The van der Waals surface area contributed by atoms with Gasteiger partial charge in [0.25, 0.3) is 0 Å². The van der Waals surface area contributed by atoms with Gasteiger partial charge in [-0.3, -0.25) is 0 Å². The van der Waals surface area contributed by atoms with Crippen LogP contribution in [0.3, 0.4) is 0 Å². The van der Waals surface area contributed by atoms with E-state index in [0.717, 1.165) is 178 Å². The van der Waals surface area contributed by atoms with Gasteiger partial charge < -0.3 is 157 Å². The molecule has 0 saturated carbocycles. The van der Waals surface area contributed by atoms with E-state index in [2.05, 4.69) is 118 Å². The molecule has 0 aliphatic carbocycles. The summed E-state index contributed by atoms with van der Waals surface area (Å²) in [6, 6.07) is 15.6. The number of unbranched alkanes of at least 4 members (excludes halogenated alkanes) is 3. The van der Waals surface area contributed by atoms with Gasteiger partial charge in [0.2, 0.25) is 0 Å². The maximum atomic E-state index is 10.8. The van der Waals surface area contributed by atoms with Crippen molar-refractivity contribution < 1.29 is 125 Å². The summed E-state index contributed by atoms with van der Waals surface area (Å²) in [4.78, 5) is 106. The summed E-state index contributed by atoms with van der Waals surface area (Å²) in [5, 5.41) is 47.5. The third-order valence-corrected chi connectivity index (χ3v) is 22.2. The van der Waals surface area contributed by atoms with Gasteiger partial charge in [0.05, 0.1) is 78.7 Å². The number of carbonyl (C=O) groups is 8. The number of rotatable bonds is 63. The molecule has 2 fully saturated rings. The Labute approximate surface area is 849 Å². The van der Waals surface area contributed by atoms with Gasteiger partial charge in [-0.2, -0.15) is 0 Å². The molecule has 6 rings (SSSR count). The van der Waals surface area contributed by atoms with Crippen LogP contribution in [0, 0.1) is 5.41 Å². The topological polar surface area (TPSA) is 622 Å². The Hall–Kier alpha value is -9.22. The predicted molar refractivity (Wildman–Crippen MR) is 556 cm³/mol. The average Bonchev–Trinajstić information content (AvgIpc) is 1.05. The molecule has 4 aromatic rings. The van der Waals surface area contributed by atoms with E-state index in [0.29, 0.717) is 19.8 Å². The Balaban J connectivity index is -0.000000758. The summed E-state index contributed by atoms with van der Waals surface area (Å²) >= 11 is 0. The molecular formula is C96H163N15O26S4. The second-order valence-electron chi connectivity index (χ2n) is 30.4. The maximum Gasteiger partial charge on any atom is 0.330 e. The maximum absolute atomic E-state index is 10.8. The standard InChI is InChI=1S/C18H30O8.C15H24O9.C12H12N2S2.C11H16O4.C10H14O5.C8H19N3.C7H16N2.C6H11N3.C5H9N3.C4H12N2S2/c1-3-17(21)25-13-15(19)11-23-9-7-5-6-8-10-24-12-16(20)14-26-18(22)4-2;1-3-14(19)23-9-12(17)7-21-5-11(16)6-22-8-13(18)10-24-15(20)4-2;13-9-5-1-3-7-11(9)15-16-12-8-4-2-6-10(12)14;1-5-9(12)14-7-11(3,4)8-15-10(13)6-2;1-3-9(11)14-7-5-13-6-8-15-10(12)4-2;1-10-5-7-11(8-6-10)4-2-3-9;8-4-7-9-5-2-1-3-6-9;7-2-1-4-9-5-3-8-6-9;6-2-1-5-3-7-4-8-5;5-1-3-7-8-4-2-6/h3-4,15-16,19-20H,1-2,5-14H2;3-4,11-13,16-18H,1-2,5-10H2;1-8H,13-14H2;5-6H,1-2,7-8H2,3-4H3;3-4H,1-2,5-8H2;2-9H2,1H3;1-8H2;3,5-6H,1-2,4,7H2;3-4H,1-2,6H2,(H,7,8);1-6H2. The smallest absolute Gasteiger partial charge is 0.330 e. The Morgan fingerprint density at radius 2 is 0.780 bits per heavy atom. The lowest BCUT2D eigenvalue weighted by Crippen LogP contribution is -2.44. The van der Waals surface area contributed by atoms with Crippen LogP contribution in [-0.4, -0.2) is 367 Å². The number of benzene rings is 2. The number of imidazole rings is 2. The Morgan fingerprint density at radius 1 is 0.411 bits per heavy atom. The Kier molecular flexibility index (Phi) is 97.4. The molecule has 0 radical (unpaired) electrons. The van der Waals surface area contributed by atoms with E-state index >= 15 is 0 Å². The second kappa shape index (κ2) is 99.5. The van der Waals surface area contributed by atoms with Crippen molar-refractivity contribution in [2.24, 2.45) is 39.8 Å². The molecule has 2 aliphatic heterocycles. The number of nitrogen functional groups attached to an aromatic ring is 2. The van der Waals surface area contributed by atoms with Gasteiger partial charge in [-0.1, -0.05) is 153 Å². The number of nitrogens with two attached hydrogens (primary N) is 8. The molecule has 41 nitrogen and oxygen atoms in total. The van der Waals surface area contributed by atoms with Crippen molar-refractivity contribution in [1.29, 1.82) is 0 Å². The van der Waals surface area contributed by atoms with Crippen LogP contribution in [0.25, 0.3) is 0 Å². The zero-order valence-corrected chi connectivity index (χ0v) is 86.0. The van der Waals surface area contributed by atoms with Crippen LogP contribution in [-0.2, 0) is 113 Å². The fraction of sp³-hybridized carbons (Fsp3) is 0.562. The summed E-state index contributed by atoms with van der Waals surface area (Å²) in [6.07, 6.45) is 23.4. The zero-order valence-electron chi connectivity index (χ0n) is 82.7. The highest BCUT2D eigenvalue weighted by atomic mass is 33.1. The highest BCUT2D eigenvalue weighted by Crippen LogP contribution is 2.42. The first-order valence-electron chi connectivity index (χ1n) is 46.0. The van der Waals surface area contributed by atoms with Crippen LogP contribution < -0.4 is 45.9 Å². The quantitative estimate of drug-likeness (QED) is 0.00662. The summed E-state index contributed by atoms with van der Waals surface area (Å²) in [5.41, 5.74) is 45.9. The number of likely N-dealkylation sites (N-methyl/N-ethyl adjacent to an activating group) is 1. The number of carbonyl (C=O) groups excluding carboxylic acids is 8. The number of nitrogens with zero attached hydrogens (tertiary/aromatic N) is 6. The minimum atomic E-state index is -1.02. The molecule has 4 unspecified atom stereocenters. The average molecular weight is 2070 g/mol. The first-order chi connectivity index (χ1) is 67.8. The van der Waals surface area contributed by atoms with E-state index in [-0.39, 0.29) is 106 Å². The number of aromatic amines is 1. The highest BCUT2D eigenvalue weighted by molar-refractivity contribution is 8.77. The van der Waals surface area contributed by atoms with Crippen molar-refractivity contribution in [3.05, 3.63) is 187 Å². The van der Waals surface area contributed by atoms with E-state index < -0.39 is 83.7 Å². The normalized spacial score (nSPS) is 12.9. The molecule has 802 valence electrons. The molecular weight excluding hydrogens is 1910 g/mol. The third kappa shape index (κ3) is 94.1. The number of piperidine rings is 1. The minimum absolute atomic E-state index is 0.110. The van der Waals surface area contributed by atoms with E-state index in [1.807, 2.05) is 73.1 Å². The van der Waals surface area contributed by atoms with E-state index in [1.54, 1.807) is 68.2 Å². The number of anilines is 2. The molecule has 0 amide bonds. The number of hydrogen-bond acceptors (Lipinski definition) is 43. The SMILES string of the molecule is C=CC(=O)OCC(C)(C)COC(=O)C=C.C=CC(=O)OCC(O)COCC(O)COCC(O)COC(=O)C=C.C=CC(=O)OCC(O)COCCCCCCOCC(O)COC(=O)C=C.C=CC(=O)OCCOCCOC(=O)C=C.CN1CCN(CCCN)CC1.NCCCn1ccnc1.NCCN1CCCCC1.NCCSSCCN.NCCc1cnc[nH]1.Nc1ccccc1SSc1ccccc1N. The molecule has 0 bridgehead atoms. The predicted octanol–water partition coefficient (Wildman–Crippen LogP) is 5.35. The molecule has 0 spiro atoms. The number of likely N-dealkylation sites (tertiary alicyclic amines) is 1. The summed E-state index contributed by atoms with van der Waals surface area (Å²) in [7, 11) is 9.01. The summed E-state index contributed by atoms with van der Waals surface area (Å²) in [6.45, 7) is 46.1. The number of nitrogens with one attached hydrogen (secondary N) is 1. The third-order valence-electron chi connectivity index (χ3n) is 17.2. The fourth-order valence-corrected chi connectivity index (χ4v) is 13.8. The van der Waals surface area contributed by atoms with Crippen molar-refractivity contribution in [3.8, 4) is 0 Å². The number of aryl methyl sites for hydroxylation is 1. The number of aromatic nitrogens is 4. The van der Waals surface area contributed by atoms with Crippen LogP contribution in [0.5, 0.6) is 0 Å². The lowest BCUT2D eigenvalue weighted by Gasteiger charge is -2.32. The van der Waals surface area contributed by atoms with E-state index in [1.165, 1.54) is 65.1 Å². The number of piperazine rings is 1. The van der Waals surface area contributed by atoms with E-state index in [9.17, 15) is 63.9 Å². The largest absolute Gasteiger partial charge is 0.462 e. The molecule has 4 heterocycles. The van der Waals surface area contributed by atoms with E-state index in [4.69, 9.17) is 79.0 Å². The van der Waals surface area contributed by atoms with Crippen LogP contribution in [0.15, 0.2) is 191 Å². The van der Waals surface area contributed by atoms with Crippen molar-refractivity contribution in [2.45, 2.75) is 125 Å². The second-order valence-corrected chi connectivity index (χ2v) is 35.3. The molecule has 4 atom stereocenters. The number of para-hydroxylation sites is 2. The van der Waals surface area contributed by atoms with Crippen molar-refractivity contribution in [2.75, 3.05) is 241 Å². The van der Waals surface area contributed by atoms with Crippen LogP contribution in [0.1, 0.15) is 77.3 Å². The van der Waals surface area contributed by atoms with Gasteiger partial charge in [0, 0.05) is 190 Å². The Morgan fingerprint density at radius 3 is 1.13 bits per heavy atom. The number of hydrogen-bond donors (Lipinski definition) is 14. The first kappa shape index (κ1) is 138. The number of H-pyrrole nitrogens is 1. The monoisotopic (exact) mass is 2070 g/mol. The number of ether oxygens (including phenoxy) is 13. The molecule has 2 aromatic carbocycles. The fourth-order valence-electron chi connectivity index (χ4n) is 9.82. The number of esters is 8. The van der Waals surface area contributed by atoms with Gasteiger partial charge in [-0.05, 0) is 109 Å². The summed E-state index contributed by atoms with van der Waals surface area (Å²) in [5.74, 6) is -2.34. The lowest BCUT2D eigenvalue weighted by molar-refractivity contribution is -0.147. The summed E-state index contributed by atoms with van der Waals surface area (Å²) < 4.78 is 65.2. The van der Waals surface area contributed by atoms with Crippen molar-refractivity contribution >= 4 is 102 Å². The number of aliphatic hydroxyl groups excluding tert-OH is 5. The molecule has 141 heavy (non-hydrogen) atoms. The van der Waals surface area contributed by atoms with Gasteiger partial charge in [-0.15, -0.1) is 0 Å². The van der Waals surface area contributed by atoms with Crippen LogP contribution in [0.4, 0.5) is 11.4 Å². The molecule has 22 N–H and O–H groups in total. The first-order valence-corrected chi connectivity index (χ1v) is 50.6. The minimum Gasteiger partial charge on any atom is -0.462 e. The van der Waals surface area contributed by atoms with Crippen molar-refractivity contribution in [1.82, 2.24) is 34.2 Å². The van der Waals surface area contributed by atoms with Crippen molar-refractivity contribution in [3.63, 3.8) is 0 Å². The van der Waals surface area contributed by atoms with Crippen LogP contribution >= 0.6 is 43.2 Å². The van der Waals surface area contributed by atoms with Gasteiger partial charge in [-0.25, -0.2) is 48.3 Å². The van der Waals surface area contributed by atoms with Crippen LogP contribution in [0.2, 0.25) is 0 Å². The van der Waals surface area contributed by atoms with Gasteiger partial charge >= 0.3 is 47.8 Å². The Bertz CT molecular complexity index is 3650. The lowest BCUT2D eigenvalue weighted by atomic mass is 9.96. The molecule has 2 aliphatic rings. The molecule has 2 saturated heterocycles. The number of aliphatic hydroxyl groups is 5. The van der Waals surface area contributed by atoms with Gasteiger partial charge in [0.1, 0.15) is 70.2 Å². The van der Waals surface area contributed by atoms with Gasteiger partial charge in [0.15, 0.2) is 0 Å². The highest BCUT2D eigenvalue weighted by Gasteiger charge is 2.23. The molecule has 2 aromatic heterocycles.